The van der Waals surface area contributed by atoms with Gasteiger partial charge in [0.25, 0.3) is 11.9 Å². The number of benzene rings is 1. The summed E-state index contributed by atoms with van der Waals surface area (Å²) in [6.07, 6.45) is 3.26. The molecule has 3 aromatic rings. The molecule has 0 saturated carbocycles. The Hall–Kier alpha value is -2.18. The molecule has 0 bridgehead atoms. The molecule has 2 N–H and O–H groups in total. The summed E-state index contributed by atoms with van der Waals surface area (Å²) >= 11 is 5.49. The van der Waals surface area contributed by atoms with E-state index in [0.717, 1.165) is 13.4 Å². The first-order valence-electron chi connectivity index (χ1n) is 9.25. The van der Waals surface area contributed by atoms with E-state index in [0.29, 0.717) is 16.8 Å². The summed E-state index contributed by atoms with van der Waals surface area (Å²) in [5.74, 6) is -1.30. The van der Waals surface area contributed by atoms with Crippen molar-refractivity contribution in [3.05, 3.63) is 74.3 Å². The molecule has 0 aliphatic carbocycles. The van der Waals surface area contributed by atoms with E-state index in [1.165, 1.54) is 6.07 Å². The fraction of sp³-hybridized carbons (Fsp3) is 0.238. The van der Waals surface area contributed by atoms with E-state index >= 15 is 0 Å². The monoisotopic (exact) mass is 603 g/mol. The Morgan fingerprint density at radius 1 is 1.39 bits per heavy atom. The number of ether oxygens (including phenoxy) is 1. The maximum Gasteiger partial charge on any atom is 0.291 e. The van der Waals surface area contributed by atoms with Crippen LogP contribution in [-0.4, -0.2) is 33.8 Å². The van der Waals surface area contributed by atoms with Crippen molar-refractivity contribution in [3.63, 3.8) is 0 Å². The highest BCUT2D eigenvalue weighted by atomic mass is 127. The maximum absolute atomic E-state index is 14.5. The minimum atomic E-state index is -0.478. The first-order chi connectivity index (χ1) is 14.8. The number of aliphatic hydroxyl groups excluding tert-OH is 1. The highest BCUT2D eigenvalue weighted by molar-refractivity contribution is 14.1. The van der Waals surface area contributed by atoms with Gasteiger partial charge in [-0.3, -0.25) is 14.6 Å². The van der Waals surface area contributed by atoms with Crippen LogP contribution in [-0.2, 0) is 16.1 Å². The molecule has 1 atom stereocenters. The highest BCUT2D eigenvalue weighted by Gasteiger charge is 2.19. The molecule has 0 radical (unpaired) electrons. The number of carbonyl (C=O) groups is 1. The Balaban J connectivity index is 1.82. The zero-order valence-corrected chi connectivity index (χ0v) is 20.3. The summed E-state index contributed by atoms with van der Waals surface area (Å²) in [7, 11) is 0. The van der Waals surface area contributed by atoms with Gasteiger partial charge < -0.3 is 14.4 Å². The molecule has 1 amide bonds. The van der Waals surface area contributed by atoms with Gasteiger partial charge in [0.15, 0.2) is 0 Å². The summed E-state index contributed by atoms with van der Waals surface area (Å²) < 4.78 is 22.6. The zero-order chi connectivity index (χ0) is 22.5. The zero-order valence-electron chi connectivity index (χ0n) is 16.6. The van der Waals surface area contributed by atoms with Gasteiger partial charge in [-0.1, -0.05) is 13.0 Å². The second-order valence-electron chi connectivity index (χ2n) is 6.96. The number of pyridine rings is 1. The SMILES string of the molecule is C=C(O)OC[C@@H](C)CONC(=O)c1cc2c(Br)cncc2n1Cc1ccc(I)cc1F. The van der Waals surface area contributed by atoms with Crippen molar-refractivity contribution in [3.8, 4) is 0 Å². The van der Waals surface area contributed by atoms with Crippen LogP contribution in [0.3, 0.4) is 0 Å². The average molecular weight is 604 g/mol. The van der Waals surface area contributed by atoms with Crippen LogP contribution in [0.2, 0.25) is 0 Å². The highest BCUT2D eigenvalue weighted by Crippen LogP contribution is 2.28. The molecule has 1 aromatic carbocycles. The van der Waals surface area contributed by atoms with Crippen LogP contribution in [0.4, 0.5) is 4.39 Å². The normalized spacial score (nSPS) is 12.0. The summed E-state index contributed by atoms with van der Waals surface area (Å²) in [6.45, 7) is 5.57. The number of hydrogen-bond donors (Lipinski definition) is 2. The van der Waals surface area contributed by atoms with E-state index in [1.54, 1.807) is 29.1 Å². The second kappa shape index (κ2) is 10.4. The Kier molecular flexibility index (Phi) is 7.89. The summed E-state index contributed by atoms with van der Waals surface area (Å²) in [6, 6.07) is 6.66. The lowest BCUT2D eigenvalue weighted by molar-refractivity contribution is -0.00360. The molecule has 0 spiro atoms. The van der Waals surface area contributed by atoms with Crippen LogP contribution in [0.5, 0.6) is 0 Å². The topological polar surface area (TPSA) is 85.6 Å². The average Bonchev–Trinajstić information content (AvgIpc) is 3.08. The third-order valence-corrected chi connectivity index (χ3v) is 5.73. The molecule has 2 aromatic heterocycles. The standard InChI is InChI=1S/C21H20BrFIN3O4/c1-12(10-30-13(2)28)11-31-26-21(29)19-6-16-17(22)7-25-8-20(16)27(19)9-14-3-4-15(24)5-18(14)23/h3-8,12,28H,2,9-11H2,1H3,(H,26,29)/t12-/m1/s1. The molecule has 164 valence electrons. The van der Waals surface area contributed by atoms with E-state index in [-0.39, 0.29) is 37.4 Å². The number of nitrogens with one attached hydrogen (secondary N) is 1. The van der Waals surface area contributed by atoms with Crippen molar-refractivity contribution < 1.29 is 23.9 Å². The Morgan fingerprint density at radius 2 is 2.16 bits per heavy atom. The second-order valence-corrected chi connectivity index (χ2v) is 9.06. The van der Waals surface area contributed by atoms with Gasteiger partial charge >= 0.3 is 0 Å². The minimum absolute atomic E-state index is 0.103. The quantitative estimate of drug-likeness (QED) is 0.206. The number of aromatic nitrogens is 2. The van der Waals surface area contributed by atoms with Crippen molar-refractivity contribution in [2.45, 2.75) is 13.5 Å². The molecule has 0 fully saturated rings. The summed E-state index contributed by atoms with van der Waals surface area (Å²) in [5.41, 5.74) is 3.85. The van der Waals surface area contributed by atoms with Crippen molar-refractivity contribution >= 4 is 55.3 Å². The van der Waals surface area contributed by atoms with Gasteiger partial charge in [0.2, 0.25) is 0 Å². The van der Waals surface area contributed by atoms with Crippen molar-refractivity contribution in [2.24, 2.45) is 5.92 Å². The summed E-state index contributed by atoms with van der Waals surface area (Å²) in [4.78, 5) is 22.3. The van der Waals surface area contributed by atoms with Crippen LogP contribution >= 0.6 is 38.5 Å². The number of fused-ring (bicyclic) bond motifs is 1. The number of aliphatic hydroxyl groups is 1. The third-order valence-electron chi connectivity index (χ3n) is 4.42. The van der Waals surface area contributed by atoms with E-state index in [9.17, 15) is 9.18 Å². The number of hydrogen-bond acceptors (Lipinski definition) is 5. The van der Waals surface area contributed by atoms with Gasteiger partial charge in [0, 0.05) is 31.1 Å². The fourth-order valence-electron chi connectivity index (χ4n) is 2.90. The smallest absolute Gasteiger partial charge is 0.291 e. The number of halogens is 3. The molecule has 0 aliphatic rings. The van der Waals surface area contributed by atoms with Crippen LogP contribution in [0, 0.1) is 15.3 Å². The Labute approximate surface area is 200 Å². The number of rotatable bonds is 9. The molecule has 0 unspecified atom stereocenters. The van der Waals surface area contributed by atoms with Crippen molar-refractivity contribution in [1.29, 1.82) is 0 Å². The molecular weight excluding hydrogens is 584 g/mol. The first kappa shape index (κ1) is 23.5. The first-order valence-corrected chi connectivity index (χ1v) is 11.1. The lowest BCUT2D eigenvalue weighted by Gasteiger charge is -2.14. The Morgan fingerprint density at radius 3 is 2.87 bits per heavy atom. The van der Waals surface area contributed by atoms with E-state index in [2.05, 4.69) is 33.0 Å². The minimum Gasteiger partial charge on any atom is -0.481 e. The predicted molar refractivity (Wildman–Crippen MR) is 126 cm³/mol. The molecule has 10 heteroatoms. The summed E-state index contributed by atoms with van der Waals surface area (Å²) in [5, 5.41) is 9.75. The predicted octanol–water partition coefficient (Wildman–Crippen LogP) is 4.93. The Bertz CT molecular complexity index is 1120. The van der Waals surface area contributed by atoms with Crippen LogP contribution in [0.25, 0.3) is 10.9 Å². The largest absolute Gasteiger partial charge is 0.481 e. The maximum atomic E-state index is 14.5. The molecule has 2 heterocycles. The molecule has 7 nitrogen and oxygen atoms in total. The lowest BCUT2D eigenvalue weighted by atomic mass is 10.2. The van der Waals surface area contributed by atoms with Crippen LogP contribution in [0.1, 0.15) is 23.0 Å². The van der Waals surface area contributed by atoms with Gasteiger partial charge in [-0.2, -0.15) is 0 Å². The van der Waals surface area contributed by atoms with Crippen LogP contribution in [0.15, 0.2) is 53.7 Å². The number of carbonyl (C=O) groups excluding carboxylic acids is 1. The number of amides is 1. The molecule has 3 rings (SSSR count). The van der Waals surface area contributed by atoms with Gasteiger partial charge in [-0.05, 0) is 63.3 Å². The van der Waals surface area contributed by atoms with Crippen molar-refractivity contribution in [1.82, 2.24) is 15.0 Å². The molecular formula is C21H20BrFIN3O4. The van der Waals surface area contributed by atoms with E-state index < -0.39 is 5.91 Å². The van der Waals surface area contributed by atoms with Gasteiger partial charge in [-0.15, -0.1) is 0 Å². The van der Waals surface area contributed by atoms with E-state index in [4.69, 9.17) is 14.7 Å². The van der Waals surface area contributed by atoms with E-state index in [1.807, 2.05) is 35.6 Å². The number of nitrogens with zero attached hydrogens (tertiary/aromatic N) is 2. The van der Waals surface area contributed by atoms with Gasteiger partial charge in [0.05, 0.1) is 31.5 Å². The van der Waals surface area contributed by atoms with Crippen molar-refractivity contribution in [2.75, 3.05) is 13.2 Å². The third kappa shape index (κ3) is 5.95. The molecule has 0 aliphatic heterocycles. The molecule has 31 heavy (non-hydrogen) atoms. The molecule has 0 saturated heterocycles. The van der Waals surface area contributed by atoms with Gasteiger partial charge in [-0.25, -0.2) is 9.87 Å². The van der Waals surface area contributed by atoms with Gasteiger partial charge in [0.1, 0.15) is 11.5 Å². The fourth-order valence-corrected chi connectivity index (χ4v) is 3.79. The lowest BCUT2D eigenvalue weighted by Crippen LogP contribution is -2.29. The number of hydroxylamine groups is 1. The van der Waals surface area contributed by atoms with Crippen LogP contribution < -0.4 is 5.48 Å².